The molecule has 0 aliphatic rings. The number of halogens is 1. The average Bonchev–Trinajstić information content (AvgIpc) is 2.30. The Morgan fingerprint density at radius 1 is 1.20 bits per heavy atom. The summed E-state index contributed by atoms with van der Waals surface area (Å²) in [5, 5.41) is 0. The van der Waals surface area contributed by atoms with Crippen LogP contribution < -0.4 is 11.1 Å². The minimum atomic E-state index is -4.21. The van der Waals surface area contributed by atoms with Gasteiger partial charge in [-0.3, -0.25) is 14.2 Å². The second-order valence-electron chi connectivity index (χ2n) is 3.91. The van der Waals surface area contributed by atoms with Crippen LogP contribution in [0.5, 0.6) is 0 Å². The number of benzene rings is 1. The molecular formula is C11H8BrN2O5P. The van der Waals surface area contributed by atoms with Crippen LogP contribution in [0.3, 0.4) is 0 Å². The van der Waals surface area contributed by atoms with Gasteiger partial charge >= 0.3 is 18.7 Å². The topological polar surface area (TPSA) is 123 Å². The predicted molar refractivity (Wildman–Crippen MR) is 76.7 cm³/mol. The second-order valence-corrected chi connectivity index (χ2v) is 6.47. The summed E-state index contributed by atoms with van der Waals surface area (Å²) in [5.74, 6) is 4.91. The maximum atomic E-state index is 11.3. The highest BCUT2D eigenvalue weighted by Gasteiger charge is 2.10. The van der Waals surface area contributed by atoms with Gasteiger partial charge in [-0.1, -0.05) is 27.8 Å². The molecule has 0 aliphatic heterocycles. The van der Waals surface area contributed by atoms with Gasteiger partial charge in [-0.25, -0.2) is 0 Å². The minimum Gasteiger partial charge on any atom is -0.324 e. The largest absolute Gasteiger partial charge is 0.337 e. The fraction of sp³-hybridized carbons (Fsp3) is 0.0909. The molecule has 0 amide bonds. The zero-order valence-electron chi connectivity index (χ0n) is 9.81. The Bertz CT molecular complexity index is 899. The molecule has 104 valence electrons. The number of fused-ring (bicyclic) bond motifs is 1. The van der Waals surface area contributed by atoms with Gasteiger partial charge in [-0.05, 0) is 12.1 Å². The number of aromatic amines is 2. The molecule has 9 heteroatoms. The molecule has 0 bridgehead atoms. The summed E-state index contributed by atoms with van der Waals surface area (Å²) in [6.45, 7) is 0. The molecule has 0 fully saturated rings. The third-order valence-corrected chi connectivity index (χ3v) is 3.33. The molecule has 4 N–H and O–H groups in total. The number of nitrogens with one attached hydrogen (secondary N) is 2. The van der Waals surface area contributed by atoms with Gasteiger partial charge in [0.05, 0.1) is 16.6 Å². The summed E-state index contributed by atoms with van der Waals surface area (Å²) >= 11 is 3.22. The average molecular weight is 359 g/mol. The van der Waals surface area contributed by atoms with Crippen molar-refractivity contribution in [1.29, 1.82) is 0 Å². The van der Waals surface area contributed by atoms with Crippen LogP contribution in [0.1, 0.15) is 5.56 Å². The highest BCUT2D eigenvalue weighted by molar-refractivity contribution is 9.10. The second kappa shape index (κ2) is 5.38. The van der Waals surface area contributed by atoms with Gasteiger partial charge in [0.15, 0.2) is 0 Å². The molecule has 1 heterocycles. The zero-order chi connectivity index (χ0) is 14.9. The lowest BCUT2D eigenvalue weighted by Crippen LogP contribution is -2.29. The van der Waals surface area contributed by atoms with E-state index in [1.807, 2.05) is 0 Å². The number of rotatable bonds is 1. The van der Waals surface area contributed by atoms with Crippen molar-refractivity contribution in [3.05, 3.63) is 42.9 Å². The highest BCUT2D eigenvalue weighted by Crippen LogP contribution is 2.32. The van der Waals surface area contributed by atoms with Gasteiger partial charge in [0, 0.05) is 4.47 Å². The van der Waals surface area contributed by atoms with E-state index in [0.29, 0.717) is 21.1 Å². The van der Waals surface area contributed by atoms with Crippen molar-refractivity contribution in [3.8, 4) is 11.8 Å². The van der Waals surface area contributed by atoms with Gasteiger partial charge in [-0.15, -0.1) is 0 Å². The Morgan fingerprint density at radius 3 is 2.50 bits per heavy atom. The minimum absolute atomic E-state index is 0.302. The van der Waals surface area contributed by atoms with Crippen LogP contribution in [0.25, 0.3) is 11.0 Å². The third-order valence-electron chi connectivity index (χ3n) is 2.30. The summed E-state index contributed by atoms with van der Waals surface area (Å²) in [4.78, 5) is 44.8. The number of aromatic nitrogens is 2. The van der Waals surface area contributed by atoms with Gasteiger partial charge in [0.1, 0.15) is 6.16 Å². The van der Waals surface area contributed by atoms with Crippen LogP contribution in [0.15, 0.2) is 26.2 Å². The van der Waals surface area contributed by atoms with Crippen LogP contribution in [0.4, 0.5) is 0 Å². The van der Waals surface area contributed by atoms with E-state index in [1.165, 1.54) is 0 Å². The molecule has 2 rings (SSSR count). The Labute approximate surface area is 120 Å². The first kappa shape index (κ1) is 14.8. The smallest absolute Gasteiger partial charge is 0.324 e. The lowest BCUT2D eigenvalue weighted by molar-refractivity contribution is 0.377. The van der Waals surface area contributed by atoms with Crippen LogP contribution in [0.2, 0.25) is 0 Å². The summed E-state index contributed by atoms with van der Waals surface area (Å²) in [7, 11) is -4.21. The molecule has 20 heavy (non-hydrogen) atoms. The Kier molecular flexibility index (Phi) is 3.97. The van der Waals surface area contributed by atoms with Crippen molar-refractivity contribution in [1.82, 2.24) is 9.97 Å². The van der Waals surface area contributed by atoms with Crippen molar-refractivity contribution in [2.75, 3.05) is 6.16 Å². The molecule has 0 aliphatic carbocycles. The first-order chi connectivity index (χ1) is 9.26. The molecule has 0 unspecified atom stereocenters. The SMILES string of the molecule is O=c1[nH]c2cc(Br)cc(C#CCP(=O)(O)O)c2[nH]c1=O. The summed E-state index contributed by atoms with van der Waals surface area (Å²) in [6.07, 6.45) is -0.589. The van der Waals surface area contributed by atoms with Crippen molar-refractivity contribution in [2.24, 2.45) is 0 Å². The number of H-pyrrole nitrogens is 2. The van der Waals surface area contributed by atoms with Crippen LogP contribution in [-0.2, 0) is 4.57 Å². The van der Waals surface area contributed by atoms with Gasteiger partial charge in [-0.2, -0.15) is 0 Å². The summed E-state index contributed by atoms with van der Waals surface area (Å²) in [5.41, 5.74) is -0.598. The fourth-order valence-corrected chi connectivity index (χ4v) is 2.27. The maximum Gasteiger partial charge on any atom is 0.337 e. The molecule has 1 aromatic heterocycles. The molecule has 0 saturated heterocycles. The van der Waals surface area contributed by atoms with E-state index in [4.69, 9.17) is 9.79 Å². The van der Waals surface area contributed by atoms with E-state index in [0.717, 1.165) is 0 Å². The van der Waals surface area contributed by atoms with E-state index in [9.17, 15) is 14.2 Å². The quantitative estimate of drug-likeness (QED) is 0.336. The van der Waals surface area contributed by atoms with Gasteiger partial charge in [0.25, 0.3) is 0 Å². The van der Waals surface area contributed by atoms with E-state index < -0.39 is 24.9 Å². The van der Waals surface area contributed by atoms with Gasteiger partial charge in [0.2, 0.25) is 0 Å². The Morgan fingerprint density at radius 2 is 1.85 bits per heavy atom. The lowest BCUT2D eigenvalue weighted by Gasteiger charge is -2.01. The number of hydrogen-bond acceptors (Lipinski definition) is 3. The van der Waals surface area contributed by atoms with E-state index in [2.05, 4.69) is 37.7 Å². The van der Waals surface area contributed by atoms with E-state index in [-0.39, 0.29) is 0 Å². The molecule has 0 radical (unpaired) electrons. The molecule has 1 aromatic carbocycles. The predicted octanol–water partition coefficient (Wildman–Crippen LogP) is 0.508. The van der Waals surface area contributed by atoms with Crippen LogP contribution in [-0.4, -0.2) is 25.9 Å². The third kappa shape index (κ3) is 3.46. The Balaban J connectivity index is 2.64. The zero-order valence-corrected chi connectivity index (χ0v) is 12.3. The van der Waals surface area contributed by atoms with E-state index in [1.54, 1.807) is 12.1 Å². The van der Waals surface area contributed by atoms with Crippen molar-refractivity contribution in [3.63, 3.8) is 0 Å². The fourth-order valence-electron chi connectivity index (χ4n) is 1.53. The molecule has 0 saturated carbocycles. The van der Waals surface area contributed by atoms with Crippen molar-refractivity contribution < 1.29 is 14.4 Å². The molecule has 0 spiro atoms. The maximum absolute atomic E-state index is 11.3. The normalized spacial score (nSPS) is 11.2. The molecule has 0 atom stereocenters. The molecule has 7 nitrogen and oxygen atoms in total. The highest BCUT2D eigenvalue weighted by atomic mass is 79.9. The first-order valence-corrected chi connectivity index (χ1v) is 7.84. The summed E-state index contributed by atoms with van der Waals surface area (Å²) < 4.78 is 11.3. The van der Waals surface area contributed by atoms with Crippen molar-refractivity contribution in [2.45, 2.75) is 0 Å². The Hall–Kier alpha value is -1.65. The van der Waals surface area contributed by atoms with Crippen molar-refractivity contribution >= 4 is 34.6 Å². The lowest BCUT2D eigenvalue weighted by atomic mass is 10.2. The molecular weight excluding hydrogens is 351 g/mol. The summed E-state index contributed by atoms with van der Waals surface area (Å²) in [6, 6.07) is 3.16. The monoisotopic (exact) mass is 358 g/mol. The van der Waals surface area contributed by atoms with Gasteiger partial charge < -0.3 is 19.8 Å². The first-order valence-electron chi connectivity index (χ1n) is 5.25. The standard InChI is InChI=1S/C11H8BrN2O5P/c12-7-4-6(2-1-3-20(17,18)19)9-8(5-7)13-10(15)11(16)14-9/h4-5H,3H2,(H,13,15)(H,14,16)(H2,17,18,19). The van der Waals surface area contributed by atoms with Crippen LogP contribution in [0, 0.1) is 11.8 Å². The number of hydrogen-bond donors (Lipinski definition) is 4. The van der Waals surface area contributed by atoms with Crippen LogP contribution >= 0.6 is 23.5 Å². The molecule has 2 aromatic rings. The van der Waals surface area contributed by atoms with E-state index >= 15 is 0 Å².